The number of nitrogens with two attached hydrogens (primary N) is 1. The molecule has 90 valence electrons. The van der Waals surface area contributed by atoms with Crippen molar-refractivity contribution in [3.63, 3.8) is 0 Å². The van der Waals surface area contributed by atoms with Crippen LogP contribution in [0.4, 0.5) is 0 Å². The highest BCUT2D eigenvalue weighted by Crippen LogP contribution is 2.07. The lowest BCUT2D eigenvalue weighted by Gasteiger charge is -2.13. The Morgan fingerprint density at radius 2 is 2.07 bits per heavy atom. The molecule has 4 nitrogen and oxygen atoms in total. The third-order valence-electron chi connectivity index (χ3n) is 2.26. The van der Waals surface area contributed by atoms with E-state index in [1.54, 1.807) is 0 Å². The van der Waals surface area contributed by atoms with E-state index >= 15 is 0 Å². The molecule has 0 spiro atoms. The predicted molar refractivity (Wildman–Crippen MR) is 61.6 cm³/mol. The first-order chi connectivity index (χ1) is 7.06. The minimum atomic E-state index is -0.120. The number of esters is 1. The van der Waals surface area contributed by atoms with Gasteiger partial charge in [-0.1, -0.05) is 6.92 Å². The van der Waals surface area contributed by atoms with E-state index < -0.39 is 0 Å². The van der Waals surface area contributed by atoms with Crippen LogP contribution in [0.5, 0.6) is 0 Å². The van der Waals surface area contributed by atoms with Gasteiger partial charge in [0, 0.05) is 19.0 Å². The minimum Gasteiger partial charge on any atom is -0.469 e. The maximum atomic E-state index is 10.8. The molecule has 0 aromatic carbocycles. The van der Waals surface area contributed by atoms with E-state index in [1.807, 2.05) is 6.92 Å². The second-order valence-corrected chi connectivity index (χ2v) is 4.21. The van der Waals surface area contributed by atoms with Crippen molar-refractivity contribution in [3.8, 4) is 0 Å². The predicted octanol–water partition coefficient (Wildman–Crippen LogP) is 0.903. The fraction of sp³-hybridized carbons (Fsp3) is 0.909. The molecule has 2 atom stereocenters. The second-order valence-electron chi connectivity index (χ2n) is 4.21. The first kappa shape index (κ1) is 14.4. The van der Waals surface area contributed by atoms with Crippen molar-refractivity contribution in [2.24, 2.45) is 11.7 Å². The van der Waals surface area contributed by atoms with E-state index in [1.165, 1.54) is 7.11 Å². The van der Waals surface area contributed by atoms with Crippen LogP contribution in [0.1, 0.15) is 33.1 Å². The molecular weight excluding hydrogens is 192 g/mol. The molecule has 3 N–H and O–H groups in total. The van der Waals surface area contributed by atoms with Gasteiger partial charge in [-0.2, -0.15) is 0 Å². The number of carbonyl (C=O) groups excluding carboxylic acids is 1. The molecule has 0 fully saturated rings. The van der Waals surface area contributed by atoms with Gasteiger partial charge in [0.2, 0.25) is 0 Å². The molecule has 0 aromatic rings. The Hall–Kier alpha value is -0.610. The van der Waals surface area contributed by atoms with Gasteiger partial charge < -0.3 is 15.8 Å². The first-order valence-electron chi connectivity index (χ1n) is 5.59. The maximum Gasteiger partial charge on any atom is 0.305 e. The number of ether oxygens (including phenoxy) is 1. The lowest BCUT2D eigenvalue weighted by atomic mass is 10.0. The van der Waals surface area contributed by atoms with E-state index in [0.717, 1.165) is 25.9 Å². The number of carbonyl (C=O) groups is 1. The number of nitrogens with one attached hydrogen (secondary N) is 1. The van der Waals surface area contributed by atoms with Crippen LogP contribution in [0.15, 0.2) is 0 Å². The number of rotatable bonds is 8. The van der Waals surface area contributed by atoms with Crippen LogP contribution in [0.3, 0.4) is 0 Å². The molecule has 0 rings (SSSR count). The summed E-state index contributed by atoms with van der Waals surface area (Å²) in [5, 5.41) is 3.30. The van der Waals surface area contributed by atoms with Gasteiger partial charge in [-0.25, -0.2) is 0 Å². The zero-order valence-corrected chi connectivity index (χ0v) is 10.1. The van der Waals surface area contributed by atoms with Gasteiger partial charge in [0.1, 0.15) is 0 Å². The molecule has 0 heterocycles. The van der Waals surface area contributed by atoms with Crippen LogP contribution in [-0.2, 0) is 9.53 Å². The SMILES string of the molecule is COC(=O)CCCC(C)CNCC(C)N. The van der Waals surface area contributed by atoms with Crippen LogP contribution in [0, 0.1) is 5.92 Å². The molecule has 15 heavy (non-hydrogen) atoms. The third-order valence-corrected chi connectivity index (χ3v) is 2.26. The van der Waals surface area contributed by atoms with Crippen LogP contribution < -0.4 is 11.1 Å². The van der Waals surface area contributed by atoms with E-state index in [-0.39, 0.29) is 12.0 Å². The van der Waals surface area contributed by atoms with Crippen molar-refractivity contribution >= 4 is 5.97 Å². The molecule has 4 heteroatoms. The molecule has 0 saturated carbocycles. The molecule has 2 unspecified atom stereocenters. The van der Waals surface area contributed by atoms with Crippen molar-refractivity contribution in [1.82, 2.24) is 5.32 Å². The van der Waals surface area contributed by atoms with Gasteiger partial charge in [-0.05, 0) is 32.2 Å². The Kier molecular flexibility index (Phi) is 8.33. The maximum absolute atomic E-state index is 10.8. The smallest absolute Gasteiger partial charge is 0.305 e. The molecule has 0 radical (unpaired) electrons. The first-order valence-corrected chi connectivity index (χ1v) is 5.59. The van der Waals surface area contributed by atoms with Gasteiger partial charge in [-0.15, -0.1) is 0 Å². The highest BCUT2D eigenvalue weighted by Gasteiger charge is 2.05. The lowest BCUT2D eigenvalue weighted by Crippen LogP contribution is -2.33. The largest absolute Gasteiger partial charge is 0.469 e. The summed E-state index contributed by atoms with van der Waals surface area (Å²) >= 11 is 0. The quantitative estimate of drug-likeness (QED) is 0.592. The Balaban J connectivity index is 3.33. The summed E-state index contributed by atoms with van der Waals surface area (Å²) in [6.07, 6.45) is 2.46. The molecule has 0 aliphatic rings. The van der Waals surface area contributed by atoms with Gasteiger partial charge in [0.25, 0.3) is 0 Å². The van der Waals surface area contributed by atoms with E-state index in [2.05, 4.69) is 17.0 Å². The average molecular weight is 216 g/mol. The summed E-state index contributed by atoms with van der Waals surface area (Å²) in [6.45, 7) is 5.96. The van der Waals surface area contributed by atoms with E-state index in [4.69, 9.17) is 5.73 Å². The Labute approximate surface area is 92.6 Å². The molecule has 0 aliphatic carbocycles. The molecular formula is C11H24N2O2. The number of methoxy groups -OCH3 is 1. The van der Waals surface area contributed by atoms with Gasteiger partial charge in [0.05, 0.1) is 7.11 Å². The molecule has 0 aliphatic heterocycles. The fourth-order valence-electron chi connectivity index (χ4n) is 1.36. The van der Waals surface area contributed by atoms with Crippen molar-refractivity contribution in [3.05, 3.63) is 0 Å². The normalized spacial score (nSPS) is 14.7. The third kappa shape index (κ3) is 9.69. The van der Waals surface area contributed by atoms with Gasteiger partial charge in [0.15, 0.2) is 0 Å². The summed E-state index contributed by atoms with van der Waals surface area (Å²) in [4.78, 5) is 10.8. The van der Waals surface area contributed by atoms with Crippen LogP contribution in [0.2, 0.25) is 0 Å². The molecule has 0 bridgehead atoms. The summed E-state index contributed by atoms with van der Waals surface area (Å²) < 4.78 is 4.57. The van der Waals surface area contributed by atoms with Crippen LogP contribution in [0.25, 0.3) is 0 Å². The Bertz CT molecular complexity index is 172. The van der Waals surface area contributed by atoms with E-state index in [9.17, 15) is 4.79 Å². The van der Waals surface area contributed by atoms with Crippen molar-refractivity contribution < 1.29 is 9.53 Å². The summed E-state index contributed by atoms with van der Waals surface area (Å²) in [5.41, 5.74) is 5.61. The number of hydrogen-bond donors (Lipinski definition) is 2. The Morgan fingerprint density at radius 3 is 2.60 bits per heavy atom. The van der Waals surface area contributed by atoms with Crippen LogP contribution in [-0.4, -0.2) is 32.2 Å². The van der Waals surface area contributed by atoms with Crippen LogP contribution >= 0.6 is 0 Å². The van der Waals surface area contributed by atoms with Gasteiger partial charge in [-0.3, -0.25) is 4.79 Å². The highest BCUT2D eigenvalue weighted by molar-refractivity contribution is 5.68. The zero-order valence-electron chi connectivity index (χ0n) is 10.1. The second kappa shape index (κ2) is 8.68. The lowest BCUT2D eigenvalue weighted by molar-refractivity contribution is -0.140. The van der Waals surface area contributed by atoms with Crippen molar-refractivity contribution in [2.75, 3.05) is 20.2 Å². The molecule has 0 saturated heterocycles. The number of hydrogen-bond acceptors (Lipinski definition) is 4. The van der Waals surface area contributed by atoms with Gasteiger partial charge >= 0.3 is 5.97 Å². The van der Waals surface area contributed by atoms with E-state index in [0.29, 0.717) is 12.3 Å². The minimum absolute atomic E-state index is 0.120. The standard InChI is InChI=1S/C11H24N2O2/c1-9(7-13-8-10(2)12)5-4-6-11(14)15-3/h9-10,13H,4-8,12H2,1-3H3. The topological polar surface area (TPSA) is 64.3 Å². The highest BCUT2D eigenvalue weighted by atomic mass is 16.5. The zero-order chi connectivity index (χ0) is 11.7. The monoisotopic (exact) mass is 216 g/mol. The average Bonchev–Trinajstić information content (AvgIpc) is 2.17. The summed E-state index contributed by atoms with van der Waals surface area (Å²) in [6, 6.07) is 0.201. The Morgan fingerprint density at radius 1 is 1.40 bits per heavy atom. The fourth-order valence-corrected chi connectivity index (χ4v) is 1.36. The summed E-state index contributed by atoms with van der Waals surface area (Å²) in [7, 11) is 1.43. The van der Waals surface area contributed by atoms with Crippen molar-refractivity contribution in [1.29, 1.82) is 0 Å². The van der Waals surface area contributed by atoms with Crippen molar-refractivity contribution in [2.45, 2.75) is 39.2 Å². The molecule has 0 aromatic heterocycles. The molecule has 0 amide bonds. The summed E-state index contributed by atoms with van der Waals surface area (Å²) in [5.74, 6) is 0.458.